The first-order valence-electron chi connectivity index (χ1n) is 9.06. The first-order chi connectivity index (χ1) is 13.5. The Bertz CT molecular complexity index is 857. The molecule has 1 N–H and O–H groups in total. The van der Waals surface area contributed by atoms with Crippen LogP contribution in [-0.2, 0) is 11.3 Å². The number of non-ortho nitro benzene ring substituents is 1. The maximum atomic E-state index is 12.8. The number of carbonyl (C=O) groups is 1. The van der Waals surface area contributed by atoms with Gasteiger partial charge in [0.15, 0.2) is 0 Å². The van der Waals surface area contributed by atoms with Crippen molar-refractivity contribution in [3.8, 4) is 5.75 Å². The van der Waals surface area contributed by atoms with Gasteiger partial charge in [-0.15, -0.1) is 0 Å². The molecular formula is C20H22BrN3O4. The van der Waals surface area contributed by atoms with Gasteiger partial charge in [-0.3, -0.25) is 19.8 Å². The predicted octanol–water partition coefficient (Wildman–Crippen LogP) is 4.22. The average Bonchev–Trinajstić information content (AvgIpc) is 2.70. The summed E-state index contributed by atoms with van der Waals surface area (Å²) in [5.41, 5.74) is 1.44. The molecule has 1 aliphatic rings. The summed E-state index contributed by atoms with van der Waals surface area (Å²) in [7, 11) is 1.47. The number of carbonyl (C=O) groups excluding carboxylic acids is 1. The Hall–Kier alpha value is -2.45. The van der Waals surface area contributed by atoms with E-state index in [1.54, 1.807) is 0 Å². The van der Waals surface area contributed by atoms with E-state index < -0.39 is 4.92 Å². The van der Waals surface area contributed by atoms with Gasteiger partial charge in [-0.1, -0.05) is 28.1 Å². The summed E-state index contributed by atoms with van der Waals surface area (Å²) in [6.45, 7) is 2.39. The highest BCUT2D eigenvalue weighted by atomic mass is 79.9. The van der Waals surface area contributed by atoms with Gasteiger partial charge in [-0.25, -0.2) is 0 Å². The number of piperidine rings is 1. The lowest BCUT2D eigenvalue weighted by atomic mass is 9.96. The van der Waals surface area contributed by atoms with E-state index in [2.05, 4.69) is 38.3 Å². The SMILES string of the molecule is COc1ccc([N+](=O)[O-])cc1NC(=O)C1CCCN(Cc2ccc(Br)cc2)C1. The molecule has 1 amide bonds. The highest BCUT2D eigenvalue weighted by Gasteiger charge is 2.27. The normalized spacial score (nSPS) is 17.1. The number of amides is 1. The van der Waals surface area contributed by atoms with Crippen LogP contribution >= 0.6 is 15.9 Å². The molecule has 2 aromatic carbocycles. The molecular weight excluding hydrogens is 426 g/mol. The monoisotopic (exact) mass is 447 g/mol. The van der Waals surface area contributed by atoms with Crippen molar-refractivity contribution in [1.82, 2.24) is 4.90 Å². The van der Waals surface area contributed by atoms with Gasteiger partial charge < -0.3 is 10.1 Å². The molecule has 0 bridgehead atoms. The summed E-state index contributed by atoms with van der Waals surface area (Å²) in [4.78, 5) is 25.6. The minimum atomic E-state index is -0.490. The Morgan fingerprint density at radius 3 is 2.75 bits per heavy atom. The molecule has 1 fully saturated rings. The Balaban J connectivity index is 1.66. The number of rotatable bonds is 6. The minimum absolute atomic E-state index is 0.0865. The fraction of sp³-hybridized carbons (Fsp3) is 0.350. The zero-order valence-electron chi connectivity index (χ0n) is 15.6. The lowest BCUT2D eigenvalue weighted by Crippen LogP contribution is -2.40. The van der Waals surface area contributed by atoms with Gasteiger partial charge in [0, 0.05) is 29.7 Å². The molecule has 8 heteroatoms. The van der Waals surface area contributed by atoms with Crippen molar-refractivity contribution in [2.75, 3.05) is 25.5 Å². The molecule has 1 unspecified atom stereocenters. The van der Waals surface area contributed by atoms with Gasteiger partial charge in [0.2, 0.25) is 5.91 Å². The standard InChI is InChI=1S/C20H22BrN3O4/c1-28-19-9-8-17(24(26)27)11-18(19)22-20(25)15-3-2-10-23(13-15)12-14-4-6-16(21)7-5-14/h4-9,11,15H,2-3,10,12-13H2,1H3,(H,22,25). The van der Waals surface area contributed by atoms with Crippen molar-refractivity contribution in [3.05, 3.63) is 62.6 Å². The molecule has 3 rings (SSSR count). The number of nitro benzene ring substituents is 1. The lowest BCUT2D eigenvalue weighted by molar-refractivity contribution is -0.384. The van der Waals surface area contributed by atoms with Crippen LogP contribution in [0.2, 0.25) is 0 Å². The molecule has 0 radical (unpaired) electrons. The molecule has 0 aliphatic carbocycles. The molecule has 7 nitrogen and oxygen atoms in total. The number of methoxy groups -OCH3 is 1. The first-order valence-corrected chi connectivity index (χ1v) is 9.85. The van der Waals surface area contributed by atoms with Crippen LogP contribution in [0.15, 0.2) is 46.9 Å². The second kappa shape index (κ2) is 9.16. The van der Waals surface area contributed by atoms with Gasteiger partial charge in [0.05, 0.1) is 23.6 Å². The molecule has 1 aliphatic heterocycles. The van der Waals surface area contributed by atoms with Gasteiger partial charge in [0.25, 0.3) is 5.69 Å². The van der Waals surface area contributed by atoms with E-state index in [0.29, 0.717) is 18.0 Å². The number of nitro groups is 1. The smallest absolute Gasteiger partial charge is 0.271 e. The van der Waals surface area contributed by atoms with E-state index in [4.69, 9.17) is 4.74 Å². The topological polar surface area (TPSA) is 84.7 Å². The van der Waals surface area contributed by atoms with Crippen LogP contribution in [0.25, 0.3) is 0 Å². The van der Waals surface area contributed by atoms with Crippen molar-refractivity contribution in [2.24, 2.45) is 5.92 Å². The Morgan fingerprint density at radius 2 is 2.07 bits per heavy atom. The third-order valence-corrected chi connectivity index (χ3v) is 5.38. The van der Waals surface area contributed by atoms with Crippen molar-refractivity contribution >= 4 is 33.2 Å². The minimum Gasteiger partial charge on any atom is -0.495 e. The Labute approximate surface area is 172 Å². The molecule has 0 aromatic heterocycles. The van der Waals surface area contributed by atoms with Crippen molar-refractivity contribution < 1.29 is 14.5 Å². The van der Waals surface area contributed by atoms with Crippen LogP contribution < -0.4 is 10.1 Å². The lowest BCUT2D eigenvalue weighted by Gasteiger charge is -2.32. The van der Waals surface area contributed by atoms with E-state index in [0.717, 1.165) is 30.4 Å². The maximum Gasteiger partial charge on any atom is 0.271 e. The number of anilines is 1. The van der Waals surface area contributed by atoms with Gasteiger partial charge >= 0.3 is 0 Å². The van der Waals surface area contributed by atoms with Crippen LogP contribution in [0.1, 0.15) is 18.4 Å². The fourth-order valence-corrected chi connectivity index (χ4v) is 3.67. The number of likely N-dealkylation sites (tertiary alicyclic amines) is 1. The summed E-state index contributed by atoms with van der Waals surface area (Å²) in [6.07, 6.45) is 1.72. The second-order valence-corrected chi connectivity index (χ2v) is 7.75. The summed E-state index contributed by atoms with van der Waals surface area (Å²) in [5.74, 6) is 0.0916. The second-order valence-electron chi connectivity index (χ2n) is 6.83. The largest absolute Gasteiger partial charge is 0.495 e. The number of hydrogen-bond acceptors (Lipinski definition) is 5. The molecule has 1 atom stereocenters. The number of halogens is 1. The fourth-order valence-electron chi connectivity index (χ4n) is 3.40. The van der Waals surface area contributed by atoms with Crippen molar-refractivity contribution in [1.29, 1.82) is 0 Å². The zero-order valence-corrected chi connectivity index (χ0v) is 17.1. The van der Waals surface area contributed by atoms with Crippen LogP contribution in [0.5, 0.6) is 5.75 Å². The average molecular weight is 448 g/mol. The quantitative estimate of drug-likeness (QED) is 0.529. The number of hydrogen-bond donors (Lipinski definition) is 1. The van der Waals surface area contributed by atoms with Crippen molar-refractivity contribution in [3.63, 3.8) is 0 Å². The van der Waals surface area contributed by atoms with Gasteiger partial charge in [-0.05, 0) is 43.1 Å². The third-order valence-electron chi connectivity index (χ3n) is 4.85. The molecule has 1 heterocycles. The van der Waals surface area contributed by atoms with Crippen LogP contribution in [0.3, 0.4) is 0 Å². The van der Waals surface area contributed by atoms with E-state index in [-0.39, 0.29) is 17.5 Å². The molecule has 0 saturated carbocycles. The zero-order chi connectivity index (χ0) is 20.1. The number of nitrogens with zero attached hydrogens (tertiary/aromatic N) is 2. The van der Waals surface area contributed by atoms with E-state index in [1.165, 1.54) is 30.9 Å². The third kappa shape index (κ3) is 5.08. The van der Waals surface area contributed by atoms with E-state index >= 15 is 0 Å². The van der Waals surface area contributed by atoms with Crippen LogP contribution in [0.4, 0.5) is 11.4 Å². The van der Waals surface area contributed by atoms with E-state index in [9.17, 15) is 14.9 Å². The first kappa shape index (κ1) is 20.3. The molecule has 1 saturated heterocycles. The highest BCUT2D eigenvalue weighted by Crippen LogP contribution is 2.30. The van der Waals surface area contributed by atoms with Gasteiger partial charge in [-0.2, -0.15) is 0 Å². The number of benzene rings is 2. The maximum absolute atomic E-state index is 12.8. The molecule has 0 spiro atoms. The summed E-state index contributed by atoms with van der Waals surface area (Å²) in [6, 6.07) is 12.3. The van der Waals surface area contributed by atoms with Crippen LogP contribution in [0, 0.1) is 16.0 Å². The van der Waals surface area contributed by atoms with Crippen molar-refractivity contribution in [2.45, 2.75) is 19.4 Å². The number of ether oxygens (including phenoxy) is 1. The molecule has 2 aromatic rings. The molecule has 148 valence electrons. The van der Waals surface area contributed by atoms with Crippen LogP contribution in [-0.4, -0.2) is 35.9 Å². The van der Waals surface area contributed by atoms with E-state index in [1.807, 2.05) is 12.1 Å². The Morgan fingerprint density at radius 1 is 1.32 bits per heavy atom. The summed E-state index contributed by atoms with van der Waals surface area (Å²) >= 11 is 3.44. The summed E-state index contributed by atoms with van der Waals surface area (Å²) < 4.78 is 6.27. The predicted molar refractivity (Wildman–Crippen MR) is 110 cm³/mol. The Kier molecular flexibility index (Phi) is 6.64. The highest BCUT2D eigenvalue weighted by molar-refractivity contribution is 9.10. The molecule has 28 heavy (non-hydrogen) atoms. The number of nitrogens with one attached hydrogen (secondary N) is 1. The van der Waals surface area contributed by atoms with Gasteiger partial charge in [0.1, 0.15) is 5.75 Å². The summed E-state index contributed by atoms with van der Waals surface area (Å²) in [5, 5.41) is 13.8.